The van der Waals surface area contributed by atoms with Gasteiger partial charge in [0, 0.05) is 17.8 Å². The topological polar surface area (TPSA) is 59.6 Å². The van der Waals surface area contributed by atoms with Crippen LogP contribution in [0.3, 0.4) is 0 Å². The summed E-state index contributed by atoms with van der Waals surface area (Å²) in [6.07, 6.45) is 1.73. The predicted octanol–water partition coefficient (Wildman–Crippen LogP) is 3.46. The number of alkyl halides is 2. The molecule has 2 amide bonds. The first-order valence-electron chi connectivity index (χ1n) is 6.99. The Morgan fingerprint density at radius 3 is 2.62 bits per heavy atom. The fourth-order valence-corrected chi connectivity index (χ4v) is 2.63. The molecule has 0 radical (unpaired) electrons. The molecule has 2 N–H and O–H groups in total. The SMILES string of the molecule is O=C(Nc1ccc2c(c1)OC(F)(F)O2)NC1CCCCC1. The van der Waals surface area contributed by atoms with Crippen LogP contribution in [0.25, 0.3) is 0 Å². The number of hydrogen-bond acceptors (Lipinski definition) is 3. The maximum Gasteiger partial charge on any atom is 0.586 e. The molecule has 0 aromatic heterocycles. The highest BCUT2D eigenvalue weighted by molar-refractivity contribution is 5.89. The van der Waals surface area contributed by atoms with Gasteiger partial charge < -0.3 is 20.1 Å². The Morgan fingerprint density at radius 1 is 1.14 bits per heavy atom. The summed E-state index contributed by atoms with van der Waals surface area (Å²) in [5, 5.41) is 5.50. The minimum atomic E-state index is -3.65. The molecule has 3 rings (SSSR count). The third-order valence-corrected chi connectivity index (χ3v) is 3.60. The molecule has 0 bridgehead atoms. The Balaban J connectivity index is 1.59. The van der Waals surface area contributed by atoms with Crippen molar-refractivity contribution in [3.63, 3.8) is 0 Å². The average molecular weight is 298 g/mol. The van der Waals surface area contributed by atoms with Crippen LogP contribution >= 0.6 is 0 Å². The van der Waals surface area contributed by atoms with Crippen molar-refractivity contribution >= 4 is 11.7 Å². The molecule has 0 spiro atoms. The maximum absolute atomic E-state index is 12.9. The molecule has 7 heteroatoms. The van der Waals surface area contributed by atoms with E-state index in [4.69, 9.17) is 0 Å². The van der Waals surface area contributed by atoms with E-state index >= 15 is 0 Å². The van der Waals surface area contributed by atoms with Crippen LogP contribution in [0.15, 0.2) is 18.2 Å². The van der Waals surface area contributed by atoms with Gasteiger partial charge in [0.15, 0.2) is 11.5 Å². The molecule has 2 aliphatic rings. The number of anilines is 1. The molecular formula is C14H16F2N2O3. The van der Waals surface area contributed by atoms with Crippen molar-refractivity contribution in [2.45, 2.75) is 44.4 Å². The number of benzene rings is 1. The summed E-state index contributed by atoms with van der Waals surface area (Å²) in [6.45, 7) is 0. The van der Waals surface area contributed by atoms with Crippen LogP contribution in [-0.4, -0.2) is 18.4 Å². The highest BCUT2D eigenvalue weighted by Crippen LogP contribution is 2.42. The summed E-state index contributed by atoms with van der Waals surface area (Å²) in [6, 6.07) is 3.98. The predicted molar refractivity (Wildman–Crippen MR) is 71.7 cm³/mol. The van der Waals surface area contributed by atoms with E-state index in [0.29, 0.717) is 5.69 Å². The summed E-state index contributed by atoms with van der Waals surface area (Å²) in [5.74, 6) is -0.131. The van der Waals surface area contributed by atoms with Crippen molar-refractivity contribution in [1.29, 1.82) is 0 Å². The molecule has 1 aromatic rings. The zero-order valence-corrected chi connectivity index (χ0v) is 11.3. The number of rotatable bonds is 2. The Hall–Kier alpha value is -2.05. The molecule has 0 atom stereocenters. The molecule has 1 heterocycles. The van der Waals surface area contributed by atoms with Crippen molar-refractivity contribution < 1.29 is 23.0 Å². The van der Waals surface area contributed by atoms with Gasteiger partial charge in [0.1, 0.15) is 0 Å². The van der Waals surface area contributed by atoms with Gasteiger partial charge in [-0.2, -0.15) is 0 Å². The van der Waals surface area contributed by atoms with Crippen molar-refractivity contribution in [2.24, 2.45) is 0 Å². The Morgan fingerprint density at radius 2 is 1.86 bits per heavy atom. The van der Waals surface area contributed by atoms with E-state index in [1.165, 1.54) is 24.6 Å². The standard InChI is InChI=1S/C14H16F2N2O3/c15-14(16)20-11-7-6-10(8-12(11)21-14)18-13(19)17-9-4-2-1-3-5-9/h6-9H,1-5H2,(H2,17,18,19). The molecule has 114 valence electrons. The van der Waals surface area contributed by atoms with E-state index in [-0.39, 0.29) is 23.6 Å². The number of halogens is 2. The van der Waals surface area contributed by atoms with Gasteiger partial charge in [0.05, 0.1) is 0 Å². The lowest BCUT2D eigenvalue weighted by molar-refractivity contribution is -0.286. The quantitative estimate of drug-likeness (QED) is 0.879. The second-order valence-electron chi connectivity index (χ2n) is 5.26. The third-order valence-electron chi connectivity index (χ3n) is 3.60. The molecule has 5 nitrogen and oxygen atoms in total. The van der Waals surface area contributed by atoms with Gasteiger partial charge in [-0.1, -0.05) is 19.3 Å². The zero-order valence-electron chi connectivity index (χ0n) is 11.3. The smallest absolute Gasteiger partial charge is 0.395 e. The fourth-order valence-electron chi connectivity index (χ4n) is 2.63. The van der Waals surface area contributed by atoms with Crippen LogP contribution in [0.5, 0.6) is 11.5 Å². The number of fused-ring (bicyclic) bond motifs is 1. The van der Waals surface area contributed by atoms with Crippen molar-refractivity contribution in [3.05, 3.63) is 18.2 Å². The minimum absolute atomic E-state index is 0.0433. The van der Waals surface area contributed by atoms with Crippen molar-refractivity contribution in [2.75, 3.05) is 5.32 Å². The molecular weight excluding hydrogens is 282 g/mol. The van der Waals surface area contributed by atoms with E-state index in [9.17, 15) is 13.6 Å². The second-order valence-corrected chi connectivity index (χ2v) is 5.26. The molecule has 1 aromatic carbocycles. The van der Waals surface area contributed by atoms with E-state index in [1.807, 2.05) is 0 Å². The first-order valence-corrected chi connectivity index (χ1v) is 6.99. The Bertz CT molecular complexity index is 545. The number of carbonyl (C=O) groups excluding carboxylic acids is 1. The van der Waals surface area contributed by atoms with E-state index in [2.05, 4.69) is 20.1 Å². The summed E-state index contributed by atoms with van der Waals surface area (Å²) in [5.41, 5.74) is 0.378. The lowest BCUT2D eigenvalue weighted by Crippen LogP contribution is -2.38. The largest absolute Gasteiger partial charge is 0.586 e. The van der Waals surface area contributed by atoms with Gasteiger partial charge in [-0.25, -0.2) is 4.79 Å². The number of nitrogens with one attached hydrogen (secondary N) is 2. The molecule has 0 unspecified atom stereocenters. The third kappa shape index (κ3) is 3.34. The van der Waals surface area contributed by atoms with Gasteiger partial charge in [-0.15, -0.1) is 8.78 Å². The molecule has 0 saturated heterocycles. The number of amides is 2. The van der Waals surface area contributed by atoms with E-state index < -0.39 is 6.29 Å². The van der Waals surface area contributed by atoms with Crippen LogP contribution in [0.1, 0.15) is 32.1 Å². The molecule has 1 aliphatic carbocycles. The fraction of sp³-hybridized carbons (Fsp3) is 0.500. The van der Waals surface area contributed by atoms with Gasteiger partial charge in [-0.05, 0) is 25.0 Å². The lowest BCUT2D eigenvalue weighted by Gasteiger charge is -2.22. The minimum Gasteiger partial charge on any atom is -0.395 e. The van der Waals surface area contributed by atoms with E-state index in [1.54, 1.807) is 0 Å². The summed E-state index contributed by atoms with van der Waals surface area (Å²) < 4.78 is 34.4. The van der Waals surface area contributed by atoms with E-state index in [0.717, 1.165) is 25.7 Å². The number of urea groups is 1. The van der Waals surface area contributed by atoms with Crippen LogP contribution in [0.4, 0.5) is 19.3 Å². The van der Waals surface area contributed by atoms with Crippen LogP contribution < -0.4 is 20.1 Å². The first kappa shape index (κ1) is 13.9. The molecule has 1 saturated carbocycles. The number of carbonyl (C=O) groups is 1. The molecule has 21 heavy (non-hydrogen) atoms. The number of hydrogen-bond donors (Lipinski definition) is 2. The second kappa shape index (κ2) is 5.38. The average Bonchev–Trinajstić information content (AvgIpc) is 2.73. The first-order chi connectivity index (χ1) is 10.0. The van der Waals surface area contributed by atoms with Crippen LogP contribution in [0, 0.1) is 0 Å². The van der Waals surface area contributed by atoms with Crippen molar-refractivity contribution in [3.8, 4) is 11.5 Å². The van der Waals surface area contributed by atoms with Gasteiger partial charge in [-0.3, -0.25) is 0 Å². The Kier molecular flexibility index (Phi) is 3.57. The van der Waals surface area contributed by atoms with Crippen LogP contribution in [-0.2, 0) is 0 Å². The molecule has 1 aliphatic heterocycles. The summed E-state index contributed by atoms with van der Waals surface area (Å²) in [4.78, 5) is 11.9. The van der Waals surface area contributed by atoms with Crippen molar-refractivity contribution in [1.82, 2.24) is 5.32 Å². The normalized spacial score (nSPS) is 20.1. The monoisotopic (exact) mass is 298 g/mol. The lowest BCUT2D eigenvalue weighted by atomic mass is 9.96. The number of ether oxygens (including phenoxy) is 2. The highest BCUT2D eigenvalue weighted by atomic mass is 19.3. The zero-order chi connectivity index (χ0) is 14.9. The summed E-state index contributed by atoms with van der Waals surface area (Å²) in [7, 11) is 0. The maximum atomic E-state index is 12.9. The van der Waals surface area contributed by atoms with Gasteiger partial charge >= 0.3 is 12.3 Å². The van der Waals surface area contributed by atoms with Gasteiger partial charge in [0.2, 0.25) is 0 Å². The van der Waals surface area contributed by atoms with Gasteiger partial charge in [0.25, 0.3) is 0 Å². The van der Waals surface area contributed by atoms with Crippen LogP contribution in [0.2, 0.25) is 0 Å². The Labute approximate surface area is 120 Å². The summed E-state index contributed by atoms with van der Waals surface area (Å²) >= 11 is 0. The highest BCUT2D eigenvalue weighted by Gasteiger charge is 2.43. The molecule has 1 fully saturated rings.